The number of likely N-dealkylation sites (N-methyl/N-ethyl adjacent to an activating group) is 1. The molecule has 0 aromatic carbocycles. The van der Waals surface area contributed by atoms with Crippen molar-refractivity contribution >= 4 is 0 Å². The summed E-state index contributed by atoms with van der Waals surface area (Å²) in [5.41, 5.74) is 0. The van der Waals surface area contributed by atoms with Gasteiger partial charge in [0.1, 0.15) is 0 Å². The lowest BCUT2D eigenvalue weighted by molar-refractivity contribution is 0.0710. The summed E-state index contributed by atoms with van der Waals surface area (Å²) in [5, 5.41) is 3.46. The lowest BCUT2D eigenvalue weighted by Gasteiger charge is -2.41. The second-order valence-corrected chi connectivity index (χ2v) is 5.30. The molecule has 0 radical (unpaired) electrons. The van der Waals surface area contributed by atoms with Gasteiger partial charge in [-0.1, -0.05) is 6.92 Å². The summed E-state index contributed by atoms with van der Waals surface area (Å²) in [7, 11) is 0. The summed E-state index contributed by atoms with van der Waals surface area (Å²) in [6, 6.07) is 0.793. The third-order valence-corrected chi connectivity index (χ3v) is 4.50. The van der Waals surface area contributed by atoms with Crippen molar-refractivity contribution in [1.82, 2.24) is 15.1 Å². The predicted octanol–water partition coefficient (Wildman–Crippen LogP) is 1.01. The molecule has 2 rings (SSSR count). The van der Waals surface area contributed by atoms with E-state index in [0.29, 0.717) is 0 Å². The van der Waals surface area contributed by atoms with Crippen LogP contribution in [0.2, 0.25) is 0 Å². The van der Waals surface area contributed by atoms with Gasteiger partial charge < -0.3 is 10.2 Å². The van der Waals surface area contributed by atoms with Crippen LogP contribution in [0.15, 0.2) is 0 Å². The van der Waals surface area contributed by atoms with Gasteiger partial charge in [-0.15, -0.1) is 0 Å². The molecular weight excluding hydrogens is 198 g/mol. The van der Waals surface area contributed by atoms with E-state index in [1.165, 1.54) is 58.7 Å². The lowest BCUT2D eigenvalue weighted by atomic mass is 9.90. The van der Waals surface area contributed by atoms with Gasteiger partial charge in [0.25, 0.3) is 0 Å². The molecule has 0 aromatic heterocycles. The van der Waals surface area contributed by atoms with E-state index in [1.807, 2.05) is 0 Å². The van der Waals surface area contributed by atoms with E-state index in [-0.39, 0.29) is 0 Å². The number of piperazine rings is 1. The van der Waals surface area contributed by atoms with Crippen LogP contribution in [0.4, 0.5) is 0 Å². The first-order chi connectivity index (χ1) is 7.81. The molecule has 2 fully saturated rings. The Labute approximate surface area is 100 Å². The normalized spacial score (nSPS) is 28.1. The Hall–Kier alpha value is -0.120. The second kappa shape index (κ2) is 5.99. The average Bonchev–Trinajstić information content (AvgIpc) is 2.39. The maximum Gasteiger partial charge on any atom is 0.0113 e. The summed E-state index contributed by atoms with van der Waals surface area (Å²) in [5.74, 6) is 0.925. The van der Waals surface area contributed by atoms with Gasteiger partial charge in [0.05, 0.1) is 0 Å². The molecule has 2 saturated heterocycles. The van der Waals surface area contributed by atoms with Crippen LogP contribution in [-0.4, -0.2) is 61.7 Å². The minimum atomic E-state index is 0.793. The summed E-state index contributed by atoms with van der Waals surface area (Å²) in [6.45, 7) is 13.5. The molecule has 0 amide bonds. The maximum atomic E-state index is 3.46. The monoisotopic (exact) mass is 225 g/mol. The highest BCUT2D eigenvalue weighted by molar-refractivity contribution is 4.83. The van der Waals surface area contributed by atoms with E-state index >= 15 is 0 Å². The Balaban J connectivity index is 1.78. The molecule has 0 bridgehead atoms. The number of hydrogen-bond donors (Lipinski definition) is 1. The molecule has 0 saturated carbocycles. The molecule has 1 atom stereocenters. The van der Waals surface area contributed by atoms with E-state index in [4.69, 9.17) is 0 Å². The van der Waals surface area contributed by atoms with Crippen LogP contribution in [0.5, 0.6) is 0 Å². The van der Waals surface area contributed by atoms with E-state index in [2.05, 4.69) is 29.0 Å². The van der Waals surface area contributed by atoms with Crippen molar-refractivity contribution in [1.29, 1.82) is 0 Å². The highest BCUT2D eigenvalue weighted by Crippen LogP contribution is 2.21. The number of nitrogens with one attached hydrogen (secondary N) is 1. The van der Waals surface area contributed by atoms with Crippen LogP contribution < -0.4 is 5.32 Å². The Morgan fingerprint density at radius 2 is 1.75 bits per heavy atom. The fraction of sp³-hybridized carbons (Fsp3) is 1.00. The van der Waals surface area contributed by atoms with Crippen LogP contribution in [0.1, 0.15) is 26.7 Å². The zero-order valence-corrected chi connectivity index (χ0v) is 10.9. The maximum absolute atomic E-state index is 3.46. The number of rotatable bonds is 3. The van der Waals surface area contributed by atoms with Crippen molar-refractivity contribution in [3.63, 3.8) is 0 Å². The minimum absolute atomic E-state index is 0.793. The fourth-order valence-corrected chi connectivity index (χ4v) is 3.11. The quantitative estimate of drug-likeness (QED) is 0.773. The predicted molar refractivity (Wildman–Crippen MR) is 68.7 cm³/mol. The van der Waals surface area contributed by atoms with Crippen molar-refractivity contribution < 1.29 is 0 Å². The summed E-state index contributed by atoms with van der Waals surface area (Å²) in [4.78, 5) is 5.27. The van der Waals surface area contributed by atoms with Gasteiger partial charge in [-0.2, -0.15) is 0 Å². The summed E-state index contributed by atoms with van der Waals surface area (Å²) >= 11 is 0. The number of piperidine rings is 1. The first kappa shape index (κ1) is 12.3. The van der Waals surface area contributed by atoms with Gasteiger partial charge >= 0.3 is 0 Å². The molecule has 2 aliphatic heterocycles. The van der Waals surface area contributed by atoms with E-state index in [0.717, 1.165) is 12.0 Å². The fourth-order valence-electron chi connectivity index (χ4n) is 3.11. The minimum Gasteiger partial charge on any atom is -0.317 e. The van der Waals surface area contributed by atoms with Crippen LogP contribution in [0.25, 0.3) is 0 Å². The third kappa shape index (κ3) is 2.96. The van der Waals surface area contributed by atoms with Gasteiger partial charge in [0.2, 0.25) is 0 Å². The highest BCUT2D eigenvalue weighted by Gasteiger charge is 2.27. The van der Waals surface area contributed by atoms with Crippen LogP contribution in [0.3, 0.4) is 0 Å². The molecular formula is C13H27N3. The molecule has 0 aliphatic carbocycles. The second-order valence-electron chi connectivity index (χ2n) is 5.30. The Kier molecular flexibility index (Phi) is 4.62. The largest absolute Gasteiger partial charge is 0.317 e. The molecule has 0 aromatic rings. The van der Waals surface area contributed by atoms with Gasteiger partial charge in [-0.05, 0) is 45.3 Å². The first-order valence-corrected chi connectivity index (χ1v) is 6.98. The molecule has 3 heteroatoms. The summed E-state index contributed by atoms with van der Waals surface area (Å²) < 4.78 is 0. The molecule has 1 unspecified atom stereocenters. The Morgan fingerprint density at radius 1 is 1.12 bits per heavy atom. The lowest BCUT2D eigenvalue weighted by Crippen LogP contribution is -2.52. The van der Waals surface area contributed by atoms with Crippen molar-refractivity contribution in [2.45, 2.75) is 32.7 Å². The van der Waals surface area contributed by atoms with Crippen molar-refractivity contribution in [3.8, 4) is 0 Å². The zero-order valence-electron chi connectivity index (χ0n) is 10.9. The van der Waals surface area contributed by atoms with Crippen molar-refractivity contribution in [3.05, 3.63) is 0 Å². The molecule has 2 aliphatic rings. The zero-order chi connectivity index (χ0) is 11.4. The molecule has 2 heterocycles. The first-order valence-electron chi connectivity index (χ1n) is 6.98. The van der Waals surface area contributed by atoms with Crippen LogP contribution in [-0.2, 0) is 0 Å². The van der Waals surface area contributed by atoms with E-state index < -0.39 is 0 Å². The van der Waals surface area contributed by atoms with Gasteiger partial charge in [0.15, 0.2) is 0 Å². The molecule has 94 valence electrons. The SMILES string of the molecule is CCN1CCN(C(C)C2CCNCC2)CC1. The van der Waals surface area contributed by atoms with Crippen molar-refractivity contribution in [2.24, 2.45) is 5.92 Å². The molecule has 1 N–H and O–H groups in total. The van der Waals surface area contributed by atoms with E-state index in [1.54, 1.807) is 0 Å². The van der Waals surface area contributed by atoms with E-state index in [9.17, 15) is 0 Å². The standard InChI is InChI=1S/C13H27N3/c1-3-15-8-10-16(11-9-15)12(2)13-4-6-14-7-5-13/h12-14H,3-11H2,1-2H3. The molecule has 16 heavy (non-hydrogen) atoms. The topological polar surface area (TPSA) is 18.5 Å². The highest BCUT2D eigenvalue weighted by atomic mass is 15.3. The van der Waals surface area contributed by atoms with Gasteiger partial charge in [0, 0.05) is 32.2 Å². The van der Waals surface area contributed by atoms with Crippen LogP contribution >= 0.6 is 0 Å². The Morgan fingerprint density at radius 3 is 2.31 bits per heavy atom. The van der Waals surface area contributed by atoms with Crippen LogP contribution in [0, 0.1) is 5.92 Å². The Bertz CT molecular complexity index is 193. The number of hydrogen-bond acceptors (Lipinski definition) is 3. The smallest absolute Gasteiger partial charge is 0.0113 e. The molecule has 3 nitrogen and oxygen atoms in total. The number of nitrogens with zero attached hydrogens (tertiary/aromatic N) is 2. The van der Waals surface area contributed by atoms with Gasteiger partial charge in [-0.25, -0.2) is 0 Å². The molecule has 0 spiro atoms. The third-order valence-electron chi connectivity index (χ3n) is 4.50. The van der Waals surface area contributed by atoms with Gasteiger partial charge in [-0.3, -0.25) is 4.90 Å². The average molecular weight is 225 g/mol. The summed E-state index contributed by atoms with van der Waals surface area (Å²) in [6.07, 6.45) is 2.74. The van der Waals surface area contributed by atoms with Crippen molar-refractivity contribution in [2.75, 3.05) is 45.8 Å².